The number of aromatic nitrogens is 4. The molecule has 0 fully saturated rings. The Morgan fingerprint density at radius 2 is 2.00 bits per heavy atom. The van der Waals surface area contributed by atoms with Crippen molar-refractivity contribution in [2.45, 2.75) is 42.8 Å². The van der Waals surface area contributed by atoms with Crippen LogP contribution in [-0.4, -0.2) is 19.9 Å². The molecular weight excluding hydrogens is 399 g/mol. The lowest BCUT2D eigenvalue weighted by Gasteiger charge is -2.10. The summed E-state index contributed by atoms with van der Waals surface area (Å²) in [5.41, 5.74) is 5.26. The van der Waals surface area contributed by atoms with Crippen molar-refractivity contribution in [2.75, 3.05) is 5.73 Å². The predicted molar refractivity (Wildman–Crippen MR) is 97.9 cm³/mol. The lowest BCUT2D eigenvalue weighted by molar-refractivity contribution is -0.141. The number of hydrogen-bond donors (Lipinski definition) is 2. The first kappa shape index (κ1) is 18.2. The van der Waals surface area contributed by atoms with Crippen molar-refractivity contribution in [1.29, 1.82) is 0 Å². The van der Waals surface area contributed by atoms with Crippen molar-refractivity contribution in [2.24, 2.45) is 0 Å². The maximum absolute atomic E-state index is 12.8. The molecule has 0 unspecified atom stereocenters. The van der Waals surface area contributed by atoms with Crippen LogP contribution in [-0.2, 0) is 24.8 Å². The van der Waals surface area contributed by atoms with Gasteiger partial charge in [0.25, 0.3) is 5.56 Å². The van der Waals surface area contributed by atoms with E-state index in [1.807, 2.05) is 0 Å². The summed E-state index contributed by atoms with van der Waals surface area (Å²) in [5.74, 6) is 0.927. The predicted octanol–water partition coefficient (Wildman–Crippen LogP) is 3.55. The van der Waals surface area contributed by atoms with E-state index in [2.05, 4.69) is 19.9 Å². The highest BCUT2D eigenvalue weighted by Crippen LogP contribution is 2.38. The Morgan fingerprint density at radius 1 is 1.22 bits per heavy atom. The number of aromatic amines is 1. The fourth-order valence-electron chi connectivity index (χ4n) is 3.08. The van der Waals surface area contributed by atoms with Crippen molar-refractivity contribution in [1.82, 2.24) is 19.9 Å². The molecule has 0 radical (unpaired) electrons. The fourth-order valence-corrected chi connectivity index (χ4v) is 5.10. The van der Waals surface area contributed by atoms with Crippen LogP contribution in [0.25, 0.3) is 10.2 Å². The van der Waals surface area contributed by atoms with Gasteiger partial charge in [-0.15, -0.1) is 11.3 Å². The molecule has 0 spiro atoms. The van der Waals surface area contributed by atoms with E-state index < -0.39 is 17.4 Å². The highest BCUT2D eigenvalue weighted by atomic mass is 32.2. The summed E-state index contributed by atoms with van der Waals surface area (Å²) < 4.78 is 38.4. The van der Waals surface area contributed by atoms with Crippen LogP contribution in [0.4, 0.5) is 19.0 Å². The average molecular weight is 413 g/mol. The largest absolute Gasteiger partial charge is 0.433 e. The topological polar surface area (TPSA) is 97.5 Å². The summed E-state index contributed by atoms with van der Waals surface area (Å²) in [6.07, 6.45) is -0.448. The van der Waals surface area contributed by atoms with Crippen LogP contribution >= 0.6 is 23.1 Å². The van der Waals surface area contributed by atoms with Gasteiger partial charge in [-0.1, -0.05) is 11.8 Å². The van der Waals surface area contributed by atoms with Gasteiger partial charge in [-0.3, -0.25) is 4.79 Å². The normalized spacial score (nSPS) is 14.5. The van der Waals surface area contributed by atoms with E-state index in [0.717, 1.165) is 47.7 Å². The average Bonchev–Trinajstić information content (AvgIpc) is 2.97. The lowest BCUT2D eigenvalue weighted by Crippen LogP contribution is -2.16. The van der Waals surface area contributed by atoms with Crippen molar-refractivity contribution in [3.63, 3.8) is 0 Å². The molecule has 0 saturated heterocycles. The van der Waals surface area contributed by atoms with Gasteiger partial charge in [0.05, 0.1) is 11.1 Å². The molecule has 3 N–H and O–H groups in total. The third-order valence-electron chi connectivity index (χ3n) is 4.24. The van der Waals surface area contributed by atoms with Crippen molar-refractivity contribution in [3.05, 3.63) is 38.4 Å². The number of fused-ring (bicyclic) bond motifs is 3. The highest BCUT2D eigenvalue weighted by molar-refractivity contribution is 7.98. The van der Waals surface area contributed by atoms with Gasteiger partial charge in [-0.05, 0) is 31.2 Å². The third kappa shape index (κ3) is 3.65. The Morgan fingerprint density at radius 3 is 2.78 bits per heavy atom. The van der Waals surface area contributed by atoms with E-state index in [4.69, 9.17) is 5.73 Å². The fraction of sp³-hybridized carbons (Fsp3) is 0.375. The molecule has 6 nitrogen and oxygen atoms in total. The zero-order valence-electron chi connectivity index (χ0n) is 13.9. The standard InChI is InChI=1S/C16H14F3N5OS2/c17-16(18,19)9-5-11(25)24-15(21-9)26-6-10-22-13(20)12-7-3-1-2-4-8(7)27-14(12)23-10/h5H,1-4,6H2,(H2,20,22,23)(H,21,24,25). The number of alkyl halides is 3. The van der Waals surface area contributed by atoms with Crippen LogP contribution in [0.5, 0.6) is 0 Å². The van der Waals surface area contributed by atoms with Crippen LogP contribution < -0.4 is 11.3 Å². The number of nitrogens with zero attached hydrogens (tertiary/aromatic N) is 3. The molecular formula is C16H14F3N5OS2. The molecule has 0 bridgehead atoms. The number of H-pyrrole nitrogens is 1. The van der Waals surface area contributed by atoms with Gasteiger partial charge in [-0.2, -0.15) is 13.2 Å². The minimum atomic E-state index is -4.68. The zero-order valence-corrected chi connectivity index (χ0v) is 15.5. The van der Waals surface area contributed by atoms with E-state index in [1.54, 1.807) is 11.3 Å². The molecule has 0 atom stereocenters. The molecule has 3 aromatic rings. The van der Waals surface area contributed by atoms with Crippen LogP contribution in [0.15, 0.2) is 16.0 Å². The molecule has 0 aromatic carbocycles. The molecule has 1 aliphatic rings. The molecule has 1 aliphatic carbocycles. The number of thiophene rings is 1. The summed E-state index contributed by atoms with van der Waals surface area (Å²) in [7, 11) is 0. The summed E-state index contributed by atoms with van der Waals surface area (Å²) in [6.45, 7) is 0. The van der Waals surface area contributed by atoms with Gasteiger partial charge in [0.1, 0.15) is 16.5 Å². The van der Waals surface area contributed by atoms with E-state index in [-0.39, 0.29) is 10.9 Å². The Labute approximate surface area is 159 Å². The molecule has 142 valence electrons. The Balaban J connectivity index is 1.61. The Hall–Kier alpha value is -2.14. The van der Waals surface area contributed by atoms with Gasteiger partial charge in [0.2, 0.25) is 0 Å². The second-order valence-electron chi connectivity index (χ2n) is 6.14. The Kier molecular flexibility index (Phi) is 4.58. The molecule has 27 heavy (non-hydrogen) atoms. The maximum atomic E-state index is 12.8. The smallest absolute Gasteiger partial charge is 0.383 e. The molecule has 0 aliphatic heterocycles. The zero-order chi connectivity index (χ0) is 19.2. The summed E-state index contributed by atoms with van der Waals surface area (Å²) >= 11 is 2.52. The SMILES string of the molecule is Nc1nc(CSc2nc(C(F)(F)F)cc(=O)[nH]2)nc2sc3c(c12)CCCC3. The van der Waals surface area contributed by atoms with E-state index in [0.29, 0.717) is 17.7 Å². The highest BCUT2D eigenvalue weighted by Gasteiger charge is 2.33. The molecule has 3 aromatic heterocycles. The number of aryl methyl sites for hydroxylation is 2. The van der Waals surface area contributed by atoms with Crippen LogP contribution in [0, 0.1) is 0 Å². The third-order valence-corrected chi connectivity index (χ3v) is 6.29. The second-order valence-corrected chi connectivity index (χ2v) is 8.19. The first-order chi connectivity index (χ1) is 12.8. The van der Waals surface area contributed by atoms with Gasteiger partial charge < -0.3 is 10.7 Å². The first-order valence-corrected chi connectivity index (χ1v) is 9.99. The monoisotopic (exact) mass is 413 g/mol. The molecule has 3 heterocycles. The summed E-state index contributed by atoms with van der Waals surface area (Å²) in [5, 5.41) is 0.761. The summed E-state index contributed by atoms with van der Waals surface area (Å²) in [4.78, 5) is 28.1. The van der Waals surface area contributed by atoms with Gasteiger partial charge in [-0.25, -0.2) is 15.0 Å². The molecule has 4 rings (SSSR count). The van der Waals surface area contributed by atoms with Crippen LogP contribution in [0.1, 0.15) is 34.8 Å². The quantitative estimate of drug-likeness (QED) is 0.503. The van der Waals surface area contributed by atoms with E-state index in [9.17, 15) is 18.0 Å². The molecule has 0 saturated carbocycles. The van der Waals surface area contributed by atoms with Crippen molar-refractivity contribution in [3.8, 4) is 0 Å². The molecule has 11 heteroatoms. The van der Waals surface area contributed by atoms with Gasteiger partial charge >= 0.3 is 6.18 Å². The van der Waals surface area contributed by atoms with E-state index >= 15 is 0 Å². The van der Waals surface area contributed by atoms with Gasteiger partial charge in [0, 0.05) is 10.9 Å². The first-order valence-electron chi connectivity index (χ1n) is 8.19. The lowest BCUT2D eigenvalue weighted by atomic mass is 9.97. The Bertz CT molecular complexity index is 1080. The number of thioether (sulfide) groups is 1. The van der Waals surface area contributed by atoms with Gasteiger partial charge in [0.15, 0.2) is 10.9 Å². The molecule has 0 amide bonds. The number of hydrogen-bond acceptors (Lipinski definition) is 7. The number of nitrogen functional groups attached to an aromatic ring is 1. The second kappa shape index (κ2) is 6.79. The minimum absolute atomic E-state index is 0.137. The number of nitrogens with two attached hydrogens (primary N) is 1. The summed E-state index contributed by atoms with van der Waals surface area (Å²) in [6, 6.07) is 0.431. The number of nitrogens with one attached hydrogen (secondary N) is 1. The number of halogens is 3. The van der Waals surface area contributed by atoms with Crippen molar-refractivity contribution < 1.29 is 13.2 Å². The van der Waals surface area contributed by atoms with Crippen LogP contribution in [0.2, 0.25) is 0 Å². The van der Waals surface area contributed by atoms with E-state index in [1.165, 1.54) is 10.4 Å². The van der Waals surface area contributed by atoms with Crippen LogP contribution in [0.3, 0.4) is 0 Å². The maximum Gasteiger partial charge on any atom is 0.433 e. The minimum Gasteiger partial charge on any atom is -0.383 e. The van der Waals surface area contributed by atoms with Crippen molar-refractivity contribution >= 4 is 39.1 Å². The number of anilines is 1. The number of rotatable bonds is 3.